The van der Waals surface area contributed by atoms with Crippen molar-refractivity contribution >= 4 is 5.71 Å². The predicted molar refractivity (Wildman–Crippen MR) is 95.1 cm³/mol. The highest BCUT2D eigenvalue weighted by atomic mass is 16.6. The van der Waals surface area contributed by atoms with Gasteiger partial charge in [0, 0.05) is 5.56 Å². The molecule has 1 atom stereocenters. The summed E-state index contributed by atoms with van der Waals surface area (Å²) in [5.41, 5.74) is 3.06. The first-order valence-corrected chi connectivity index (χ1v) is 8.02. The van der Waals surface area contributed by atoms with Crippen LogP contribution in [0.25, 0.3) is 0 Å². The van der Waals surface area contributed by atoms with Crippen LogP contribution in [-0.2, 0) is 11.4 Å². The molecule has 0 heterocycles. The lowest BCUT2D eigenvalue weighted by Crippen LogP contribution is -2.07. The van der Waals surface area contributed by atoms with Gasteiger partial charge in [0.25, 0.3) is 0 Å². The first kappa shape index (κ1) is 17.6. The summed E-state index contributed by atoms with van der Waals surface area (Å²) in [6.07, 6.45) is 1.05. The summed E-state index contributed by atoms with van der Waals surface area (Å²) in [6.45, 7) is 4.72. The molecule has 0 spiro atoms. The number of benzene rings is 2. The molecule has 0 aliphatic rings. The topological polar surface area (TPSA) is 54.6 Å². The fourth-order valence-electron chi connectivity index (χ4n) is 2.49. The van der Waals surface area contributed by atoms with Crippen LogP contribution in [0.3, 0.4) is 0 Å². The summed E-state index contributed by atoms with van der Waals surface area (Å²) in [7, 11) is 1.43. The number of para-hydroxylation sites is 1. The normalized spacial score (nSPS) is 12.3. The summed E-state index contributed by atoms with van der Waals surface area (Å²) >= 11 is 0. The number of nitriles is 1. The fraction of sp³-hybridized carbons (Fsp3) is 0.300. The molecule has 0 aliphatic carbocycles. The first-order valence-electron chi connectivity index (χ1n) is 8.02. The van der Waals surface area contributed by atoms with Gasteiger partial charge in [-0.25, -0.2) is 0 Å². The summed E-state index contributed by atoms with van der Waals surface area (Å²) in [5.74, 6) is 1.31. The van der Waals surface area contributed by atoms with Crippen LogP contribution < -0.4 is 4.74 Å². The number of hydrogen-bond acceptors (Lipinski definition) is 4. The lowest BCUT2D eigenvalue weighted by Gasteiger charge is -2.16. The van der Waals surface area contributed by atoms with Crippen molar-refractivity contribution in [2.45, 2.75) is 32.8 Å². The molecule has 4 nitrogen and oxygen atoms in total. The minimum absolute atomic E-state index is 0.243. The molecule has 0 amide bonds. The summed E-state index contributed by atoms with van der Waals surface area (Å²) in [5, 5.41) is 13.1. The van der Waals surface area contributed by atoms with Gasteiger partial charge in [-0.05, 0) is 29.5 Å². The van der Waals surface area contributed by atoms with E-state index in [9.17, 15) is 5.26 Å². The second kappa shape index (κ2) is 8.73. The van der Waals surface area contributed by atoms with Gasteiger partial charge in [0.2, 0.25) is 0 Å². The zero-order chi connectivity index (χ0) is 17.4. The van der Waals surface area contributed by atoms with E-state index in [1.54, 1.807) is 0 Å². The van der Waals surface area contributed by atoms with Crippen molar-refractivity contribution in [1.82, 2.24) is 0 Å². The van der Waals surface area contributed by atoms with Crippen molar-refractivity contribution in [2.75, 3.05) is 7.11 Å². The largest absolute Gasteiger partial charge is 0.489 e. The van der Waals surface area contributed by atoms with Crippen molar-refractivity contribution in [2.24, 2.45) is 5.16 Å². The quantitative estimate of drug-likeness (QED) is 0.550. The molecule has 0 saturated carbocycles. The number of ether oxygens (including phenoxy) is 1. The van der Waals surface area contributed by atoms with E-state index in [0.29, 0.717) is 12.5 Å². The van der Waals surface area contributed by atoms with E-state index in [1.807, 2.05) is 42.5 Å². The molecule has 1 unspecified atom stereocenters. The van der Waals surface area contributed by atoms with Crippen molar-refractivity contribution in [1.29, 1.82) is 5.26 Å². The molecule has 0 saturated heterocycles. The third-order valence-electron chi connectivity index (χ3n) is 4.01. The van der Waals surface area contributed by atoms with Crippen LogP contribution in [0, 0.1) is 11.3 Å². The molecule has 0 N–H and O–H groups in total. The zero-order valence-corrected chi connectivity index (χ0v) is 14.3. The van der Waals surface area contributed by atoms with Crippen LogP contribution >= 0.6 is 0 Å². The number of rotatable bonds is 7. The maximum Gasteiger partial charge on any atom is 0.187 e. The number of hydrogen-bond donors (Lipinski definition) is 0. The molecule has 2 aromatic carbocycles. The van der Waals surface area contributed by atoms with Crippen molar-refractivity contribution in [3.63, 3.8) is 0 Å². The SMILES string of the molecule is CCC(C)c1ccccc1OCc1ccccc1/C(C#N)=N\OC. The second-order valence-electron chi connectivity index (χ2n) is 5.53. The molecule has 124 valence electrons. The molecule has 0 fully saturated rings. The highest BCUT2D eigenvalue weighted by Gasteiger charge is 2.13. The molecule has 2 rings (SSSR count). The molecule has 2 aromatic rings. The first-order chi connectivity index (χ1) is 11.7. The Morgan fingerprint density at radius 2 is 1.88 bits per heavy atom. The highest BCUT2D eigenvalue weighted by molar-refractivity contribution is 6.12. The van der Waals surface area contributed by atoms with Gasteiger partial charge >= 0.3 is 0 Å². The number of oxime groups is 1. The Hall–Kier alpha value is -2.80. The standard InChI is InChI=1S/C20H22N2O2/c1-4-15(2)17-10-7-8-12-20(17)24-14-16-9-5-6-11-18(16)19(13-21)22-23-3/h5-12,15H,4,14H2,1-3H3/b22-19-. The van der Waals surface area contributed by atoms with Crippen LogP contribution in [0.4, 0.5) is 0 Å². The Balaban J connectivity index is 2.26. The fourth-order valence-corrected chi connectivity index (χ4v) is 2.49. The third kappa shape index (κ3) is 4.14. The van der Waals surface area contributed by atoms with Gasteiger partial charge < -0.3 is 9.57 Å². The Morgan fingerprint density at radius 3 is 2.58 bits per heavy atom. The summed E-state index contributed by atoms with van der Waals surface area (Å²) < 4.78 is 6.05. The van der Waals surface area contributed by atoms with Crippen LogP contribution in [0.5, 0.6) is 5.75 Å². The van der Waals surface area contributed by atoms with Gasteiger partial charge in [-0.1, -0.05) is 61.5 Å². The van der Waals surface area contributed by atoms with Gasteiger partial charge in [-0.2, -0.15) is 5.26 Å². The Kier molecular flexibility index (Phi) is 6.39. The molecule has 0 aliphatic heterocycles. The maximum absolute atomic E-state index is 9.27. The summed E-state index contributed by atoms with van der Waals surface area (Å²) in [4.78, 5) is 4.76. The molecule has 4 heteroatoms. The molecule has 0 bridgehead atoms. The van der Waals surface area contributed by atoms with E-state index in [0.717, 1.165) is 23.3 Å². The average molecular weight is 322 g/mol. The van der Waals surface area contributed by atoms with Crippen molar-refractivity contribution in [3.05, 3.63) is 65.2 Å². The van der Waals surface area contributed by atoms with Crippen LogP contribution in [0.15, 0.2) is 53.7 Å². The lowest BCUT2D eigenvalue weighted by atomic mass is 9.98. The molecular formula is C20H22N2O2. The van der Waals surface area contributed by atoms with E-state index in [-0.39, 0.29) is 5.71 Å². The highest BCUT2D eigenvalue weighted by Crippen LogP contribution is 2.29. The average Bonchev–Trinajstić information content (AvgIpc) is 2.64. The monoisotopic (exact) mass is 322 g/mol. The van der Waals surface area contributed by atoms with Gasteiger partial charge in [0.15, 0.2) is 5.71 Å². The maximum atomic E-state index is 9.27. The molecule has 24 heavy (non-hydrogen) atoms. The van der Waals surface area contributed by atoms with E-state index in [2.05, 4.69) is 31.1 Å². The van der Waals surface area contributed by atoms with E-state index < -0.39 is 0 Å². The zero-order valence-electron chi connectivity index (χ0n) is 14.3. The van der Waals surface area contributed by atoms with Crippen LogP contribution in [-0.4, -0.2) is 12.8 Å². The Labute approximate surface area is 143 Å². The third-order valence-corrected chi connectivity index (χ3v) is 4.01. The van der Waals surface area contributed by atoms with Crippen LogP contribution in [0.2, 0.25) is 0 Å². The van der Waals surface area contributed by atoms with Crippen LogP contribution in [0.1, 0.15) is 42.9 Å². The molecular weight excluding hydrogens is 300 g/mol. The van der Waals surface area contributed by atoms with Gasteiger partial charge in [0.05, 0.1) is 0 Å². The minimum Gasteiger partial charge on any atom is -0.489 e. The van der Waals surface area contributed by atoms with Gasteiger partial charge in [-0.3, -0.25) is 0 Å². The smallest absolute Gasteiger partial charge is 0.187 e. The Morgan fingerprint density at radius 1 is 1.17 bits per heavy atom. The predicted octanol–water partition coefficient (Wildman–Crippen LogP) is 4.65. The molecule has 0 aromatic heterocycles. The van der Waals surface area contributed by atoms with E-state index in [4.69, 9.17) is 9.57 Å². The number of nitrogens with zero attached hydrogens (tertiary/aromatic N) is 2. The van der Waals surface area contributed by atoms with E-state index >= 15 is 0 Å². The summed E-state index contributed by atoms with van der Waals surface area (Å²) in [6, 6.07) is 17.7. The van der Waals surface area contributed by atoms with Crippen molar-refractivity contribution < 1.29 is 9.57 Å². The van der Waals surface area contributed by atoms with Crippen molar-refractivity contribution in [3.8, 4) is 11.8 Å². The lowest BCUT2D eigenvalue weighted by molar-refractivity contribution is 0.214. The van der Waals surface area contributed by atoms with Gasteiger partial charge in [0.1, 0.15) is 25.5 Å². The minimum atomic E-state index is 0.243. The Bertz CT molecular complexity index is 747. The van der Waals surface area contributed by atoms with Gasteiger partial charge in [-0.15, -0.1) is 0 Å². The van der Waals surface area contributed by atoms with E-state index in [1.165, 1.54) is 12.7 Å². The molecule has 0 radical (unpaired) electrons. The second-order valence-corrected chi connectivity index (χ2v) is 5.53.